The second-order valence-corrected chi connectivity index (χ2v) is 13.3. The number of likely N-dealkylation sites (N-methyl/N-ethyl adjacent to an activating group) is 1. The zero-order valence-corrected chi connectivity index (χ0v) is 25.9. The average molecular weight is 597 g/mol. The quantitative estimate of drug-likeness (QED) is 0.294. The number of ketones is 2. The van der Waals surface area contributed by atoms with Crippen LogP contribution >= 0.6 is 0 Å². The van der Waals surface area contributed by atoms with Crippen LogP contribution in [0, 0.1) is 17.3 Å². The van der Waals surface area contributed by atoms with Crippen LogP contribution in [-0.4, -0.2) is 101 Å². The molecule has 1 saturated heterocycles. The molecule has 1 heterocycles. The Balaban J connectivity index is 1.63. The van der Waals surface area contributed by atoms with Crippen molar-refractivity contribution < 1.29 is 34.8 Å². The van der Waals surface area contributed by atoms with Crippen LogP contribution in [-0.2, 0) is 22.6 Å². The zero-order valence-electron chi connectivity index (χ0n) is 25.9. The van der Waals surface area contributed by atoms with E-state index in [1.54, 1.807) is 25.1 Å². The Morgan fingerprint density at radius 2 is 1.77 bits per heavy atom. The molecule has 1 aromatic carbocycles. The van der Waals surface area contributed by atoms with Gasteiger partial charge in [0.05, 0.1) is 11.6 Å². The number of amides is 1. The van der Waals surface area contributed by atoms with Crippen molar-refractivity contribution in [1.29, 1.82) is 0 Å². The molecule has 11 heteroatoms. The summed E-state index contributed by atoms with van der Waals surface area (Å²) in [5.41, 5.74) is 4.48. The van der Waals surface area contributed by atoms with Gasteiger partial charge in [-0.05, 0) is 81.3 Å². The standard InChI is InChI=1S/C32H44N4O7/c1-7-31(8-2)9-10-36(15-31)14-17-13-20(37)22-18(24(17)34(3)4)11-16-12-19-25(35(5)6)27(39)23(30(33)42)29(41)32(19,43)28(40)21(16)26(22)38/h13,16,19,25,37,39-40,43H,7-12,14-15H2,1-6H3,(H2,33,42)/t16-,19-,25-,32-/m0/s1. The van der Waals surface area contributed by atoms with Crippen molar-refractivity contribution in [3.05, 3.63) is 45.4 Å². The van der Waals surface area contributed by atoms with E-state index in [9.17, 15) is 34.8 Å². The van der Waals surface area contributed by atoms with Crippen LogP contribution in [0.2, 0.25) is 0 Å². The molecule has 6 N–H and O–H groups in total. The SMILES string of the molecule is CCC1(CC)CCN(Cc2cc(O)c3c(c2N(C)C)C[C@H]2C[C@H]4[C@H](N(C)C)C(O)=C(C(N)=O)C(=O)[C@@]4(O)C(O)=C2C3=O)C1. The number of aromatic hydroxyl groups is 1. The second-order valence-electron chi connectivity index (χ2n) is 13.3. The third-order valence-corrected chi connectivity index (χ3v) is 10.6. The molecular formula is C32H44N4O7. The lowest BCUT2D eigenvalue weighted by Crippen LogP contribution is -2.63. The summed E-state index contributed by atoms with van der Waals surface area (Å²) in [6.45, 7) is 6.96. The molecule has 1 fully saturated rings. The highest BCUT2D eigenvalue weighted by Gasteiger charge is 2.63. The summed E-state index contributed by atoms with van der Waals surface area (Å²) in [4.78, 5) is 45.7. The minimum absolute atomic E-state index is 0.0334. The van der Waals surface area contributed by atoms with Crippen LogP contribution in [0.4, 0.5) is 5.69 Å². The Labute approximate surface area is 252 Å². The van der Waals surface area contributed by atoms with Crippen LogP contribution in [0.5, 0.6) is 5.75 Å². The molecule has 11 nitrogen and oxygen atoms in total. The molecule has 3 aliphatic carbocycles. The van der Waals surface area contributed by atoms with E-state index < -0.39 is 58.0 Å². The van der Waals surface area contributed by atoms with Gasteiger partial charge in [0.25, 0.3) is 5.91 Å². The number of carbonyl (C=O) groups excluding carboxylic acids is 3. The highest BCUT2D eigenvalue weighted by Crippen LogP contribution is 2.53. The van der Waals surface area contributed by atoms with E-state index in [4.69, 9.17) is 5.73 Å². The summed E-state index contributed by atoms with van der Waals surface area (Å²) in [5.74, 6) is -6.47. The van der Waals surface area contributed by atoms with Crippen LogP contribution in [0.15, 0.2) is 28.7 Å². The number of allylic oxidation sites excluding steroid dienone is 1. The molecule has 43 heavy (non-hydrogen) atoms. The monoisotopic (exact) mass is 596 g/mol. The largest absolute Gasteiger partial charge is 0.510 e. The van der Waals surface area contributed by atoms with Gasteiger partial charge in [-0.3, -0.25) is 24.2 Å². The van der Waals surface area contributed by atoms with Crippen LogP contribution in [0.25, 0.3) is 0 Å². The number of hydrogen-bond donors (Lipinski definition) is 5. The van der Waals surface area contributed by atoms with E-state index >= 15 is 0 Å². The fourth-order valence-corrected chi connectivity index (χ4v) is 8.28. The number of rotatable bonds is 7. The van der Waals surface area contributed by atoms with Crippen molar-refractivity contribution in [3.8, 4) is 5.75 Å². The number of nitrogens with zero attached hydrogens (tertiary/aromatic N) is 3. The lowest BCUT2D eigenvalue weighted by atomic mass is 9.58. The maximum atomic E-state index is 14.1. The smallest absolute Gasteiger partial charge is 0.255 e. The lowest BCUT2D eigenvalue weighted by Gasteiger charge is -2.50. The Morgan fingerprint density at radius 1 is 1.12 bits per heavy atom. The first kappa shape index (κ1) is 31.0. The Kier molecular flexibility index (Phi) is 7.68. The number of fused-ring (bicyclic) bond motifs is 3. The topological polar surface area (TPSA) is 168 Å². The van der Waals surface area contributed by atoms with Gasteiger partial charge in [-0.25, -0.2) is 0 Å². The van der Waals surface area contributed by atoms with Crippen LogP contribution in [0.3, 0.4) is 0 Å². The van der Waals surface area contributed by atoms with Gasteiger partial charge in [-0.2, -0.15) is 0 Å². The number of phenolic OH excluding ortho intramolecular Hbond substituents is 1. The molecule has 1 aromatic rings. The number of likely N-dealkylation sites (tertiary alicyclic amines) is 1. The van der Waals surface area contributed by atoms with Crippen molar-refractivity contribution in [2.75, 3.05) is 46.2 Å². The molecule has 4 atom stereocenters. The first-order chi connectivity index (χ1) is 20.1. The molecular weight excluding hydrogens is 552 g/mol. The summed E-state index contributed by atoms with van der Waals surface area (Å²) < 4.78 is 0. The third kappa shape index (κ3) is 4.46. The van der Waals surface area contributed by atoms with Gasteiger partial charge in [0, 0.05) is 44.4 Å². The van der Waals surface area contributed by atoms with Crippen LogP contribution < -0.4 is 10.6 Å². The maximum Gasteiger partial charge on any atom is 0.255 e. The summed E-state index contributed by atoms with van der Waals surface area (Å²) in [6, 6.07) is 0.591. The van der Waals surface area contributed by atoms with E-state index in [0.29, 0.717) is 12.1 Å². The second kappa shape index (κ2) is 10.6. The van der Waals surface area contributed by atoms with Crippen molar-refractivity contribution in [2.45, 2.75) is 64.1 Å². The van der Waals surface area contributed by atoms with E-state index in [2.05, 4.69) is 18.7 Å². The molecule has 0 aromatic heterocycles. The number of nitrogens with two attached hydrogens (primary N) is 1. The first-order valence-electron chi connectivity index (χ1n) is 15.1. The third-order valence-electron chi connectivity index (χ3n) is 10.6. The number of aliphatic hydroxyl groups excluding tert-OH is 2. The number of hydrogen-bond acceptors (Lipinski definition) is 10. The van der Waals surface area contributed by atoms with Gasteiger partial charge >= 0.3 is 0 Å². The number of phenols is 1. The van der Waals surface area contributed by atoms with Crippen molar-refractivity contribution in [1.82, 2.24) is 9.80 Å². The lowest BCUT2D eigenvalue weighted by molar-refractivity contribution is -0.148. The van der Waals surface area contributed by atoms with Crippen LogP contribution in [0.1, 0.15) is 61.0 Å². The first-order valence-corrected chi connectivity index (χ1v) is 15.1. The van der Waals surface area contributed by atoms with E-state index in [1.165, 1.54) is 0 Å². The number of carbonyl (C=O) groups is 3. The number of primary amides is 1. The molecule has 0 saturated carbocycles. The van der Waals surface area contributed by atoms with Gasteiger partial charge in [-0.15, -0.1) is 0 Å². The van der Waals surface area contributed by atoms with E-state index in [1.807, 2.05) is 19.0 Å². The fraction of sp³-hybridized carbons (Fsp3) is 0.594. The maximum absolute atomic E-state index is 14.1. The highest BCUT2D eigenvalue weighted by atomic mass is 16.3. The molecule has 5 rings (SSSR count). The number of benzene rings is 1. The fourth-order valence-electron chi connectivity index (χ4n) is 8.28. The average Bonchev–Trinajstić information content (AvgIpc) is 3.33. The number of aliphatic hydroxyl groups is 3. The summed E-state index contributed by atoms with van der Waals surface area (Å²) in [5, 5.41) is 45.6. The van der Waals surface area contributed by atoms with Crippen molar-refractivity contribution in [3.63, 3.8) is 0 Å². The number of Topliss-reactive ketones (excluding diaryl/α,β-unsaturated/α-hetero) is 2. The molecule has 1 aliphatic heterocycles. The Hall–Kier alpha value is -3.41. The molecule has 0 spiro atoms. The summed E-state index contributed by atoms with van der Waals surface area (Å²) in [7, 11) is 7.02. The summed E-state index contributed by atoms with van der Waals surface area (Å²) in [6.07, 6.45) is 3.63. The molecule has 234 valence electrons. The van der Waals surface area contributed by atoms with Gasteiger partial charge in [0.2, 0.25) is 5.78 Å². The highest BCUT2D eigenvalue weighted by molar-refractivity contribution is 6.24. The van der Waals surface area contributed by atoms with Gasteiger partial charge in [0.1, 0.15) is 22.8 Å². The predicted octanol–water partition coefficient (Wildman–Crippen LogP) is 2.20. The molecule has 0 bridgehead atoms. The van der Waals surface area contributed by atoms with Crippen molar-refractivity contribution in [2.24, 2.45) is 23.0 Å². The minimum atomic E-state index is -2.65. The van der Waals surface area contributed by atoms with Crippen molar-refractivity contribution >= 4 is 23.2 Å². The normalized spacial score (nSPS) is 28.7. The number of anilines is 1. The van der Waals surface area contributed by atoms with Gasteiger partial charge in [-0.1, -0.05) is 13.8 Å². The van der Waals surface area contributed by atoms with E-state index in [-0.39, 0.29) is 35.1 Å². The predicted molar refractivity (Wildman–Crippen MR) is 161 cm³/mol. The van der Waals surface area contributed by atoms with E-state index in [0.717, 1.165) is 43.6 Å². The summed E-state index contributed by atoms with van der Waals surface area (Å²) >= 11 is 0. The molecule has 4 aliphatic rings. The minimum Gasteiger partial charge on any atom is -0.510 e. The Bertz CT molecular complexity index is 1460. The molecule has 0 unspecified atom stereocenters. The molecule has 1 amide bonds. The van der Waals surface area contributed by atoms with Gasteiger partial charge in [0.15, 0.2) is 11.4 Å². The van der Waals surface area contributed by atoms with Gasteiger partial charge < -0.3 is 31.1 Å². The molecule has 0 radical (unpaired) electrons. The Morgan fingerprint density at radius 3 is 2.30 bits per heavy atom. The zero-order chi connectivity index (χ0) is 31.8.